The first-order valence-electron chi connectivity index (χ1n) is 7.26. The van der Waals surface area contributed by atoms with E-state index in [9.17, 15) is 4.79 Å². The number of carbonyl (C=O) groups excluding carboxylic acids is 1. The average molecular weight is 313 g/mol. The van der Waals surface area contributed by atoms with E-state index in [0.717, 1.165) is 18.4 Å². The lowest BCUT2D eigenvalue weighted by molar-refractivity contribution is -0.120. The van der Waals surface area contributed by atoms with E-state index < -0.39 is 0 Å². The van der Waals surface area contributed by atoms with E-state index in [-0.39, 0.29) is 12.5 Å². The first-order valence-corrected chi connectivity index (χ1v) is 7.64. The van der Waals surface area contributed by atoms with Crippen LogP contribution in [0.5, 0.6) is 11.5 Å². The quantitative estimate of drug-likeness (QED) is 0.845. The van der Waals surface area contributed by atoms with Crippen LogP contribution >= 0.6 is 11.6 Å². The van der Waals surface area contributed by atoms with Crippen molar-refractivity contribution in [3.63, 3.8) is 0 Å². The van der Waals surface area contributed by atoms with Gasteiger partial charge in [0.05, 0.1) is 24.8 Å². The summed E-state index contributed by atoms with van der Waals surface area (Å²) in [5.41, 5.74) is 0.965. The minimum Gasteiger partial charge on any atom is -0.489 e. The number of carbonyl (C=O) groups is 1. The molecule has 2 N–H and O–H groups in total. The topological polar surface area (TPSA) is 59.6 Å². The fourth-order valence-corrected chi connectivity index (χ4v) is 2.32. The van der Waals surface area contributed by atoms with Crippen LogP contribution in [0, 0.1) is 0 Å². The van der Waals surface area contributed by atoms with Crippen molar-refractivity contribution in [2.45, 2.75) is 26.3 Å². The van der Waals surface area contributed by atoms with Gasteiger partial charge in [-0.05, 0) is 24.1 Å². The van der Waals surface area contributed by atoms with Gasteiger partial charge in [0.15, 0.2) is 11.5 Å². The summed E-state index contributed by atoms with van der Waals surface area (Å²) in [7, 11) is 0. The second-order valence-corrected chi connectivity index (χ2v) is 5.32. The molecule has 0 aromatic heterocycles. The van der Waals surface area contributed by atoms with Gasteiger partial charge < -0.3 is 20.1 Å². The van der Waals surface area contributed by atoms with E-state index in [1.807, 2.05) is 19.1 Å². The second kappa shape index (κ2) is 8.10. The molecule has 0 saturated carbocycles. The van der Waals surface area contributed by atoms with Crippen molar-refractivity contribution >= 4 is 17.5 Å². The third-order valence-corrected chi connectivity index (χ3v) is 3.33. The van der Waals surface area contributed by atoms with Crippen LogP contribution in [0.4, 0.5) is 0 Å². The van der Waals surface area contributed by atoms with Crippen molar-refractivity contribution in [1.82, 2.24) is 10.6 Å². The minimum atomic E-state index is -0.00251. The zero-order valence-corrected chi connectivity index (χ0v) is 13.0. The number of hydrogen-bond acceptors (Lipinski definition) is 4. The molecule has 1 heterocycles. The van der Waals surface area contributed by atoms with Gasteiger partial charge in [-0.2, -0.15) is 0 Å². The maximum atomic E-state index is 11.5. The highest BCUT2D eigenvalue weighted by Crippen LogP contribution is 2.37. The van der Waals surface area contributed by atoms with Crippen molar-refractivity contribution in [2.24, 2.45) is 0 Å². The summed E-state index contributed by atoms with van der Waals surface area (Å²) in [6, 6.07) is 3.75. The molecule has 5 nitrogen and oxygen atoms in total. The van der Waals surface area contributed by atoms with E-state index in [1.165, 1.54) is 0 Å². The maximum Gasteiger partial charge on any atom is 0.233 e. The Kier molecular flexibility index (Phi) is 6.14. The Balaban J connectivity index is 1.90. The number of hydrogen-bond donors (Lipinski definition) is 2. The first kappa shape index (κ1) is 15.9. The highest BCUT2D eigenvalue weighted by Gasteiger charge is 2.15. The smallest absolute Gasteiger partial charge is 0.233 e. The summed E-state index contributed by atoms with van der Waals surface area (Å²) < 4.78 is 11.2. The highest BCUT2D eigenvalue weighted by atomic mass is 35.5. The summed E-state index contributed by atoms with van der Waals surface area (Å²) in [4.78, 5) is 11.5. The molecule has 1 aromatic rings. The highest BCUT2D eigenvalue weighted by molar-refractivity contribution is 6.32. The third-order valence-electron chi connectivity index (χ3n) is 3.05. The normalized spacial score (nSPS) is 13.6. The Morgan fingerprint density at radius 2 is 2.14 bits per heavy atom. The van der Waals surface area contributed by atoms with Crippen LogP contribution in [0.3, 0.4) is 0 Å². The number of nitrogens with one attached hydrogen (secondary N) is 2. The molecule has 0 saturated heterocycles. The summed E-state index contributed by atoms with van der Waals surface area (Å²) in [6.45, 7) is 4.80. The van der Waals surface area contributed by atoms with Gasteiger partial charge in [0, 0.05) is 19.5 Å². The van der Waals surface area contributed by atoms with Gasteiger partial charge in [-0.1, -0.05) is 18.5 Å². The van der Waals surface area contributed by atoms with Crippen LogP contribution in [0.2, 0.25) is 5.02 Å². The van der Waals surface area contributed by atoms with Crippen LogP contribution in [0.15, 0.2) is 12.1 Å². The van der Waals surface area contributed by atoms with Crippen molar-refractivity contribution < 1.29 is 14.3 Å². The summed E-state index contributed by atoms with van der Waals surface area (Å²) in [5.74, 6) is 1.28. The second-order valence-electron chi connectivity index (χ2n) is 4.91. The summed E-state index contributed by atoms with van der Waals surface area (Å²) in [5, 5.41) is 6.45. The largest absolute Gasteiger partial charge is 0.489 e. The number of benzene rings is 1. The molecule has 21 heavy (non-hydrogen) atoms. The number of amides is 1. The molecule has 116 valence electrons. The lowest BCUT2D eigenvalue weighted by Gasteiger charge is -2.12. The van der Waals surface area contributed by atoms with E-state index >= 15 is 0 Å². The fraction of sp³-hybridized carbons (Fsp3) is 0.533. The van der Waals surface area contributed by atoms with E-state index in [0.29, 0.717) is 42.8 Å². The third kappa shape index (κ3) is 4.79. The van der Waals surface area contributed by atoms with Crippen molar-refractivity contribution in [3.05, 3.63) is 22.7 Å². The molecular weight excluding hydrogens is 292 g/mol. The Morgan fingerprint density at radius 3 is 2.95 bits per heavy atom. The molecule has 0 atom stereocenters. The Bertz CT molecular complexity index is 494. The standard InChI is InChI=1S/C15H21ClN2O3/c1-2-4-18-14(19)10-17-9-11-7-12(16)15-13(8-11)20-5-3-6-21-15/h7-8,17H,2-6,9-10H2,1H3,(H,18,19). The van der Waals surface area contributed by atoms with Crippen LogP contribution in [0.25, 0.3) is 0 Å². The molecule has 0 unspecified atom stereocenters. The molecule has 1 aromatic carbocycles. The molecule has 0 radical (unpaired) electrons. The molecule has 2 rings (SSSR count). The molecule has 1 amide bonds. The fourth-order valence-electron chi connectivity index (χ4n) is 2.03. The van der Waals surface area contributed by atoms with Gasteiger partial charge >= 0.3 is 0 Å². The van der Waals surface area contributed by atoms with E-state index in [1.54, 1.807) is 0 Å². The maximum absolute atomic E-state index is 11.5. The van der Waals surface area contributed by atoms with Crippen LogP contribution in [-0.2, 0) is 11.3 Å². The van der Waals surface area contributed by atoms with Gasteiger partial charge in [0.1, 0.15) is 0 Å². The molecule has 1 aliphatic heterocycles. The molecule has 0 bridgehead atoms. The van der Waals surface area contributed by atoms with Crippen LogP contribution in [-0.4, -0.2) is 32.2 Å². The van der Waals surface area contributed by atoms with Gasteiger partial charge in [0.2, 0.25) is 5.91 Å². The Hall–Kier alpha value is -1.46. The monoisotopic (exact) mass is 312 g/mol. The van der Waals surface area contributed by atoms with E-state index in [2.05, 4.69) is 10.6 Å². The van der Waals surface area contributed by atoms with Crippen molar-refractivity contribution in [1.29, 1.82) is 0 Å². The van der Waals surface area contributed by atoms with Crippen molar-refractivity contribution in [3.8, 4) is 11.5 Å². The zero-order valence-electron chi connectivity index (χ0n) is 12.2. The van der Waals surface area contributed by atoms with Crippen molar-refractivity contribution in [2.75, 3.05) is 26.3 Å². The molecular formula is C15H21ClN2O3. The van der Waals surface area contributed by atoms with Gasteiger partial charge in [-0.15, -0.1) is 0 Å². The molecule has 0 aliphatic carbocycles. The lowest BCUT2D eigenvalue weighted by Crippen LogP contribution is -2.33. The average Bonchev–Trinajstić information content (AvgIpc) is 2.71. The molecule has 1 aliphatic rings. The Morgan fingerprint density at radius 1 is 1.33 bits per heavy atom. The number of halogens is 1. The zero-order chi connectivity index (χ0) is 15.1. The lowest BCUT2D eigenvalue weighted by atomic mass is 10.2. The Labute approximate surface area is 130 Å². The van der Waals surface area contributed by atoms with Gasteiger partial charge in [0.25, 0.3) is 0 Å². The van der Waals surface area contributed by atoms with E-state index in [4.69, 9.17) is 21.1 Å². The molecule has 0 spiro atoms. The first-order chi connectivity index (χ1) is 10.2. The summed E-state index contributed by atoms with van der Waals surface area (Å²) >= 11 is 6.22. The number of rotatable bonds is 6. The minimum absolute atomic E-state index is 0.00251. The van der Waals surface area contributed by atoms with Crippen LogP contribution < -0.4 is 20.1 Å². The SMILES string of the molecule is CCCNC(=O)CNCc1cc(Cl)c2c(c1)OCCCO2. The number of fused-ring (bicyclic) bond motifs is 1. The summed E-state index contributed by atoms with van der Waals surface area (Å²) in [6.07, 6.45) is 1.78. The van der Waals surface area contributed by atoms with Crippen LogP contribution in [0.1, 0.15) is 25.3 Å². The van der Waals surface area contributed by atoms with Gasteiger partial charge in [-0.25, -0.2) is 0 Å². The predicted molar refractivity (Wildman–Crippen MR) is 82.1 cm³/mol. The predicted octanol–water partition coefficient (Wildman–Crippen LogP) is 2.12. The number of ether oxygens (including phenoxy) is 2. The van der Waals surface area contributed by atoms with Gasteiger partial charge in [-0.3, -0.25) is 4.79 Å². The molecule has 6 heteroatoms. The molecule has 0 fully saturated rings.